The van der Waals surface area contributed by atoms with Gasteiger partial charge in [-0.25, -0.2) is 4.98 Å². The normalized spacial score (nSPS) is 11.0. The van der Waals surface area contributed by atoms with Gasteiger partial charge in [0.05, 0.1) is 11.9 Å². The molecular formula is C19H17ClN2OS. The fourth-order valence-corrected chi connectivity index (χ4v) is 4.15. The molecule has 0 unspecified atom stereocenters. The lowest BCUT2D eigenvalue weighted by molar-refractivity contribution is 0.743. The van der Waals surface area contributed by atoms with Gasteiger partial charge in [0.1, 0.15) is 10.7 Å². The monoisotopic (exact) mass is 356 g/mol. The van der Waals surface area contributed by atoms with Crippen molar-refractivity contribution in [3.05, 3.63) is 49.8 Å². The Labute approximate surface area is 149 Å². The topological polar surface area (TPSA) is 34.9 Å². The van der Waals surface area contributed by atoms with Gasteiger partial charge in [-0.15, -0.1) is 17.8 Å². The first-order chi connectivity index (χ1) is 11.5. The SMILES string of the molecule is C#CCn1c(C)nc2sc(CC)c(-c3ccc(Cl)c(C)c3)c2c1=O. The molecule has 0 aliphatic heterocycles. The number of thiophene rings is 1. The van der Waals surface area contributed by atoms with Crippen LogP contribution in [0.5, 0.6) is 0 Å². The number of nitrogens with zero attached hydrogens (tertiary/aromatic N) is 2. The van der Waals surface area contributed by atoms with Crippen molar-refractivity contribution in [1.29, 1.82) is 0 Å². The van der Waals surface area contributed by atoms with Crippen molar-refractivity contribution >= 4 is 33.2 Å². The third-order valence-corrected chi connectivity index (χ3v) is 5.74. The van der Waals surface area contributed by atoms with Gasteiger partial charge >= 0.3 is 0 Å². The Hall–Kier alpha value is -2.09. The van der Waals surface area contributed by atoms with E-state index >= 15 is 0 Å². The van der Waals surface area contributed by atoms with E-state index in [1.807, 2.05) is 32.0 Å². The van der Waals surface area contributed by atoms with Crippen molar-refractivity contribution in [3.63, 3.8) is 0 Å². The molecule has 0 amide bonds. The van der Waals surface area contributed by atoms with Crippen LogP contribution in [0.2, 0.25) is 5.02 Å². The minimum atomic E-state index is -0.0750. The molecule has 0 spiro atoms. The first-order valence-corrected chi connectivity index (χ1v) is 8.90. The lowest BCUT2D eigenvalue weighted by Gasteiger charge is -2.08. The third-order valence-electron chi connectivity index (χ3n) is 4.09. The molecular weight excluding hydrogens is 340 g/mol. The molecule has 122 valence electrons. The number of benzene rings is 1. The Balaban J connectivity index is 2.41. The zero-order valence-corrected chi connectivity index (χ0v) is 15.4. The summed E-state index contributed by atoms with van der Waals surface area (Å²) < 4.78 is 1.56. The number of hydrogen-bond donors (Lipinski definition) is 0. The van der Waals surface area contributed by atoms with Gasteiger partial charge in [0.15, 0.2) is 0 Å². The summed E-state index contributed by atoms with van der Waals surface area (Å²) in [4.78, 5) is 19.5. The average Bonchev–Trinajstić information content (AvgIpc) is 2.92. The third kappa shape index (κ3) is 2.64. The molecule has 5 heteroatoms. The Morgan fingerprint density at radius 2 is 2.12 bits per heavy atom. The molecule has 0 fully saturated rings. The number of hydrogen-bond acceptors (Lipinski definition) is 3. The second kappa shape index (κ2) is 6.43. The summed E-state index contributed by atoms with van der Waals surface area (Å²) in [6, 6.07) is 5.85. The zero-order chi connectivity index (χ0) is 17.4. The number of aromatic nitrogens is 2. The van der Waals surface area contributed by atoms with Crippen molar-refractivity contribution in [2.24, 2.45) is 0 Å². The molecule has 0 aliphatic rings. The van der Waals surface area contributed by atoms with Crippen molar-refractivity contribution in [2.75, 3.05) is 0 Å². The minimum absolute atomic E-state index is 0.0750. The molecule has 3 aromatic rings. The fourth-order valence-electron chi connectivity index (χ4n) is 2.86. The molecule has 0 aliphatic carbocycles. The summed E-state index contributed by atoms with van der Waals surface area (Å²) in [6.07, 6.45) is 6.25. The van der Waals surface area contributed by atoms with Gasteiger partial charge in [-0.3, -0.25) is 9.36 Å². The van der Waals surface area contributed by atoms with Crippen molar-refractivity contribution < 1.29 is 0 Å². The predicted octanol–water partition coefficient (Wildman–Crippen LogP) is 4.59. The smallest absolute Gasteiger partial charge is 0.263 e. The van der Waals surface area contributed by atoms with Crippen LogP contribution in [0.25, 0.3) is 21.3 Å². The number of halogens is 1. The van der Waals surface area contributed by atoms with Crippen LogP contribution in [0.3, 0.4) is 0 Å². The zero-order valence-electron chi connectivity index (χ0n) is 13.8. The summed E-state index contributed by atoms with van der Waals surface area (Å²) in [7, 11) is 0. The van der Waals surface area contributed by atoms with Crippen LogP contribution < -0.4 is 5.56 Å². The van der Waals surface area contributed by atoms with Gasteiger partial charge in [0.25, 0.3) is 5.56 Å². The highest BCUT2D eigenvalue weighted by Crippen LogP contribution is 2.37. The average molecular weight is 357 g/mol. The highest BCUT2D eigenvalue weighted by Gasteiger charge is 2.19. The highest BCUT2D eigenvalue weighted by molar-refractivity contribution is 7.19. The number of rotatable bonds is 3. The van der Waals surface area contributed by atoms with Crippen LogP contribution in [-0.4, -0.2) is 9.55 Å². The lowest BCUT2D eigenvalue weighted by Crippen LogP contribution is -2.23. The number of fused-ring (bicyclic) bond motifs is 1. The maximum absolute atomic E-state index is 13.0. The molecule has 0 N–H and O–H groups in total. The molecule has 0 atom stereocenters. The fraction of sp³-hybridized carbons (Fsp3) is 0.263. The maximum atomic E-state index is 13.0. The first-order valence-electron chi connectivity index (χ1n) is 7.70. The molecule has 3 rings (SSSR count). The van der Waals surface area contributed by atoms with E-state index in [9.17, 15) is 4.79 Å². The lowest BCUT2D eigenvalue weighted by atomic mass is 10.0. The van der Waals surface area contributed by atoms with Gasteiger partial charge in [0.2, 0.25) is 0 Å². The van der Waals surface area contributed by atoms with E-state index in [4.69, 9.17) is 18.0 Å². The minimum Gasteiger partial charge on any atom is -0.284 e. The molecule has 24 heavy (non-hydrogen) atoms. The summed E-state index contributed by atoms with van der Waals surface area (Å²) in [5.41, 5.74) is 2.86. The summed E-state index contributed by atoms with van der Waals surface area (Å²) in [5.74, 6) is 3.18. The molecule has 3 nitrogen and oxygen atoms in total. The van der Waals surface area contributed by atoms with Crippen LogP contribution in [0, 0.1) is 26.2 Å². The maximum Gasteiger partial charge on any atom is 0.263 e. The highest BCUT2D eigenvalue weighted by atomic mass is 35.5. The molecule has 0 bridgehead atoms. The second-order valence-electron chi connectivity index (χ2n) is 5.65. The van der Waals surface area contributed by atoms with Crippen molar-refractivity contribution in [3.8, 4) is 23.5 Å². The second-order valence-corrected chi connectivity index (χ2v) is 7.14. The van der Waals surface area contributed by atoms with E-state index in [0.717, 1.165) is 37.8 Å². The van der Waals surface area contributed by atoms with Crippen LogP contribution in [0.1, 0.15) is 23.2 Å². The van der Waals surface area contributed by atoms with Gasteiger partial charge in [0, 0.05) is 15.5 Å². The van der Waals surface area contributed by atoms with Gasteiger partial charge in [-0.1, -0.05) is 30.5 Å². The first kappa shape index (κ1) is 16.8. The van der Waals surface area contributed by atoms with Gasteiger partial charge in [-0.05, 0) is 43.5 Å². The van der Waals surface area contributed by atoms with Gasteiger partial charge < -0.3 is 0 Å². The molecule has 1 aromatic carbocycles. The Morgan fingerprint density at radius 3 is 2.75 bits per heavy atom. The van der Waals surface area contributed by atoms with E-state index in [2.05, 4.69) is 17.8 Å². The summed E-state index contributed by atoms with van der Waals surface area (Å²) in [5, 5.41) is 1.37. The molecule has 0 saturated carbocycles. The van der Waals surface area contributed by atoms with E-state index in [-0.39, 0.29) is 12.1 Å². The van der Waals surface area contributed by atoms with Crippen LogP contribution in [-0.2, 0) is 13.0 Å². The van der Waals surface area contributed by atoms with Crippen LogP contribution in [0.15, 0.2) is 23.0 Å². The Bertz CT molecular complexity index is 1040. The quantitative estimate of drug-likeness (QED) is 0.643. The van der Waals surface area contributed by atoms with Crippen molar-refractivity contribution in [1.82, 2.24) is 9.55 Å². The van der Waals surface area contributed by atoms with E-state index in [1.165, 1.54) is 0 Å². The van der Waals surface area contributed by atoms with Crippen LogP contribution >= 0.6 is 22.9 Å². The molecule has 2 heterocycles. The van der Waals surface area contributed by atoms with Gasteiger partial charge in [-0.2, -0.15) is 0 Å². The van der Waals surface area contributed by atoms with E-state index < -0.39 is 0 Å². The van der Waals surface area contributed by atoms with E-state index in [0.29, 0.717) is 11.2 Å². The Kier molecular flexibility index (Phi) is 4.49. The molecule has 0 radical (unpaired) electrons. The molecule has 0 saturated heterocycles. The Morgan fingerprint density at radius 1 is 1.38 bits per heavy atom. The largest absolute Gasteiger partial charge is 0.284 e. The standard InChI is InChI=1S/C19H17ClN2OS/c1-5-9-22-12(4)21-18-17(19(22)23)16(15(6-2)24-18)13-7-8-14(20)11(3)10-13/h1,7-8,10H,6,9H2,2-4H3. The summed E-state index contributed by atoms with van der Waals surface area (Å²) in [6.45, 7) is 6.09. The van der Waals surface area contributed by atoms with Crippen molar-refractivity contribution in [2.45, 2.75) is 33.7 Å². The van der Waals surface area contributed by atoms with E-state index in [1.54, 1.807) is 15.9 Å². The number of aryl methyl sites for hydroxylation is 3. The van der Waals surface area contributed by atoms with Crippen LogP contribution in [0.4, 0.5) is 0 Å². The summed E-state index contributed by atoms with van der Waals surface area (Å²) >= 11 is 7.73. The predicted molar refractivity (Wildman–Crippen MR) is 102 cm³/mol. The number of terminal acetylenes is 1. The molecule has 2 aromatic heterocycles.